The van der Waals surface area contributed by atoms with Gasteiger partial charge in [-0.3, -0.25) is 4.79 Å². The fraction of sp³-hybridized carbons (Fsp3) is 0.962. The Morgan fingerprint density at radius 2 is 0.971 bits per heavy atom. The van der Waals surface area contributed by atoms with Crippen LogP contribution in [0, 0.1) is 0 Å². The van der Waals surface area contributed by atoms with Gasteiger partial charge < -0.3 is 59.6 Å². The molecule has 16 nitrogen and oxygen atoms in total. The highest BCUT2D eigenvalue weighted by Gasteiger charge is 2.45. The third kappa shape index (κ3) is 36.2. The van der Waals surface area contributed by atoms with Gasteiger partial charge in [0.25, 0.3) is 0 Å². The second kappa shape index (κ2) is 44.1. The Morgan fingerprint density at radius 3 is 1.36 bits per heavy atom. The average molecular weight is 1010 g/mol. The van der Waals surface area contributed by atoms with Crippen LogP contribution in [0.1, 0.15) is 251 Å². The molecule has 0 aromatic heterocycles. The van der Waals surface area contributed by atoms with Crippen LogP contribution in [0.15, 0.2) is 0 Å². The molecule has 0 aromatic rings. The Bertz CT molecular complexity index is 1240. The monoisotopic (exact) mass is 1010 g/mol. The molecule has 410 valence electrons. The Balaban J connectivity index is 2.61. The van der Waals surface area contributed by atoms with Gasteiger partial charge in [0, 0.05) is 6.42 Å². The van der Waals surface area contributed by atoms with Crippen LogP contribution in [-0.2, 0) is 32.8 Å². The highest BCUT2D eigenvalue weighted by atomic mass is 31.2. The molecule has 1 aliphatic heterocycles. The molecule has 1 heterocycles. The number of carbonyl (C=O) groups is 2. The van der Waals surface area contributed by atoms with Crippen molar-refractivity contribution >= 4 is 19.9 Å². The summed E-state index contributed by atoms with van der Waals surface area (Å²) in [4.78, 5) is 44.0. The van der Waals surface area contributed by atoms with Gasteiger partial charge in [0.15, 0.2) is 6.29 Å². The lowest BCUT2D eigenvalue weighted by Gasteiger charge is -2.40. The number of aliphatic hydroxyl groups excluding tert-OH is 5. The molecule has 0 unspecified atom stereocenters. The van der Waals surface area contributed by atoms with Crippen LogP contribution < -0.4 is 5.32 Å². The molecule has 69 heavy (non-hydrogen) atoms. The van der Waals surface area contributed by atoms with E-state index in [1.54, 1.807) is 0 Å². The van der Waals surface area contributed by atoms with Gasteiger partial charge in [-0.25, -0.2) is 13.9 Å². The predicted octanol–water partition coefficient (Wildman–Crippen LogP) is 10.7. The van der Waals surface area contributed by atoms with Crippen molar-refractivity contribution in [3.8, 4) is 0 Å². The molecule has 1 fully saturated rings. The third-order valence-corrected chi connectivity index (χ3v) is 13.8. The lowest BCUT2D eigenvalue weighted by Crippen LogP contribution is -2.60. The maximum absolute atomic E-state index is 13.3. The zero-order valence-corrected chi connectivity index (χ0v) is 44.1. The molecule has 8 atom stereocenters. The van der Waals surface area contributed by atoms with E-state index in [2.05, 4.69) is 23.7 Å². The Kier molecular flexibility index (Phi) is 41.9. The first-order valence-electron chi connectivity index (χ1n) is 27.8. The van der Waals surface area contributed by atoms with E-state index in [4.69, 9.17) is 28.7 Å². The smallest absolute Gasteiger partial charge is 0.460 e. The van der Waals surface area contributed by atoms with E-state index >= 15 is 0 Å². The minimum Gasteiger partial charge on any atom is -0.460 e. The summed E-state index contributed by atoms with van der Waals surface area (Å²) in [6, 6.07) is -1.41. The van der Waals surface area contributed by atoms with E-state index in [-0.39, 0.29) is 12.8 Å². The molecule has 1 rings (SSSR count). The summed E-state index contributed by atoms with van der Waals surface area (Å²) in [6.45, 7) is 2.04. The SMILES string of the molecule is CCCCCCCCCCCCCCCCCCCCCCCCCC(=O)O[C@H](CCCCCCCCCCCCCC)[C@@H](O)[C@H](CO[C@H]1O[C@H](CO)[C@H](O)[C@H](O)[C@H]1O)NC(=O)OCOP(=O)(O)O. The minimum atomic E-state index is -4.98. The third-order valence-electron chi connectivity index (χ3n) is 13.4. The summed E-state index contributed by atoms with van der Waals surface area (Å²) < 4.78 is 37.0. The van der Waals surface area contributed by atoms with Crippen LogP contribution in [0.25, 0.3) is 0 Å². The quantitative estimate of drug-likeness (QED) is 0.0122. The van der Waals surface area contributed by atoms with Crippen LogP contribution in [0.5, 0.6) is 0 Å². The number of unbranched alkanes of at least 4 members (excludes halogenated alkanes) is 33. The van der Waals surface area contributed by atoms with Crippen LogP contribution in [0.2, 0.25) is 0 Å². The molecule has 0 aliphatic carbocycles. The van der Waals surface area contributed by atoms with E-state index in [1.165, 1.54) is 167 Å². The van der Waals surface area contributed by atoms with Crippen molar-refractivity contribution in [2.24, 2.45) is 0 Å². The first-order valence-corrected chi connectivity index (χ1v) is 29.3. The van der Waals surface area contributed by atoms with Gasteiger partial charge in [-0.05, 0) is 19.3 Å². The molecule has 1 aliphatic rings. The zero-order chi connectivity index (χ0) is 50.8. The maximum Gasteiger partial charge on any atom is 0.472 e. The van der Waals surface area contributed by atoms with Gasteiger partial charge in [-0.2, -0.15) is 0 Å². The Morgan fingerprint density at radius 1 is 0.580 bits per heavy atom. The minimum absolute atomic E-state index is 0.141. The van der Waals surface area contributed by atoms with Crippen molar-refractivity contribution in [2.75, 3.05) is 20.0 Å². The van der Waals surface area contributed by atoms with E-state index in [0.717, 1.165) is 44.9 Å². The molecule has 1 saturated heterocycles. The molecule has 0 bridgehead atoms. The summed E-state index contributed by atoms with van der Waals surface area (Å²) in [5, 5.41) is 54.7. The second-order valence-corrected chi connectivity index (χ2v) is 20.9. The number of hydrogen-bond donors (Lipinski definition) is 8. The van der Waals surface area contributed by atoms with Crippen molar-refractivity contribution in [3.05, 3.63) is 0 Å². The number of phosphoric ester groups is 1. The van der Waals surface area contributed by atoms with Gasteiger partial charge in [-0.15, -0.1) is 0 Å². The summed E-state index contributed by atoms with van der Waals surface area (Å²) in [7, 11) is -4.98. The number of carbonyl (C=O) groups excluding carboxylic acids is 2. The van der Waals surface area contributed by atoms with Crippen molar-refractivity contribution in [1.82, 2.24) is 5.32 Å². The van der Waals surface area contributed by atoms with Gasteiger partial charge in [0.2, 0.25) is 6.79 Å². The number of esters is 1. The molecular formula is C52H102NO15P. The number of hydrogen-bond acceptors (Lipinski definition) is 13. The molecule has 0 aromatic carbocycles. The Hall–Kier alpha value is -1.43. The number of rotatable bonds is 48. The summed E-state index contributed by atoms with van der Waals surface area (Å²) in [5.41, 5.74) is 0. The fourth-order valence-electron chi connectivity index (χ4n) is 9.00. The van der Waals surface area contributed by atoms with E-state index in [0.29, 0.717) is 12.8 Å². The molecule has 0 spiro atoms. The lowest BCUT2D eigenvalue weighted by molar-refractivity contribution is -0.303. The molecule has 0 saturated carbocycles. The average Bonchev–Trinajstić information content (AvgIpc) is 3.32. The second-order valence-electron chi connectivity index (χ2n) is 19.7. The number of phosphoric acid groups is 1. The first-order chi connectivity index (χ1) is 33.3. The summed E-state index contributed by atoms with van der Waals surface area (Å²) in [5.74, 6) is -0.507. The fourth-order valence-corrected chi connectivity index (χ4v) is 9.19. The van der Waals surface area contributed by atoms with E-state index < -0.39 is 88.8 Å². The first kappa shape index (κ1) is 65.6. The number of alkyl carbamates (subject to hydrolysis) is 1. The van der Waals surface area contributed by atoms with Gasteiger partial charge in [0.1, 0.15) is 36.6 Å². The molecule has 17 heteroatoms. The standard InChI is InChI=1S/C52H102NO15P/c1-3-5-7-9-11-13-15-17-18-19-20-21-22-23-24-25-26-27-29-31-33-35-37-39-46(55)67-44(38-36-34-32-30-28-16-14-12-10-8-6-4-2)47(56)43(53-52(60)65-42-66-69(61,62)63)41-64-51-50(59)49(58)48(57)45(40-54)68-51/h43-45,47-51,54,56-59H,3-42H2,1-2H3,(H,53,60)(H2,61,62,63)/t43-,44+,45+,47-,48-,49-,50+,51-/m0/s1. The number of amides is 1. The lowest BCUT2D eigenvalue weighted by atomic mass is 9.98. The summed E-state index contributed by atoms with van der Waals surface area (Å²) in [6.07, 6.45) is 30.9. The van der Waals surface area contributed by atoms with Gasteiger partial charge in [0.05, 0.1) is 19.3 Å². The number of nitrogens with one attached hydrogen (secondary N) is 1. The normalized spacial score (nSPS) is 19.9. The van der Waals surface area contributed by atoms with Crippen molar-refractivity contribution < 1.29 is 72.9 Å². The zero-order valence-electron chi connectivity index (χ0n) is 43.2. The highest BCUT2D eigenvalue weighted by molar-refractivity contribution is 7.46. The van der Waals surface area contributed by atoms with Crippen molar-refractivity contribution in [1.29, 1.82) is 0 Å². The van der Waals surface area contributed by atoms with Crippen LogP contribution in [0.3, 0.4) is 0 Å². The molecule has 0 radical (unpaired) electrons. The molecular weight excluding hydrogens is 910 g/mol. The highest BCUT2D eigenvalue weighted by Crippen LogP contribution is 2.35. The van der Waals surface area contributed by atoms with Crippen LogP contribution in [-0.4, -0.2) is 116 Å². The largest absolute Gasteiger partial charge is 0.472 e. The van der Waals surface area contributed by atoms with E-state index in [1.807, 2.05) is 0 Å². The van der Waals surface area contributed by atoms with Crippen molar-refractivity contribution in [2.45, 2.75) is 300 Å². The van der Waals surface area contributed by atoms with E-state index in [9.17, 15) is 39.7 Å². The summed E-state index contributed by atoms with van der Waals surface area (Å²) >= 11 is 0. The topological polar surface area (TPSA) is 251 Å². The van der Waals surface area contributed by atoms with Gasteiger partial charge >= 0.3 is 19.9 Å². The molecule has 8 N–H and O–H groups in total. The Labute approximate surface area is 417 Å². The van der Waals surface area contributed by atoms with Crippen LogP contribution >= 0.6 is 7.82 Å². The van der Waals surface area contributed by atoms with Gasteiger partial charge in [-0.1, -0.05) is 226 Å². The van der Waals surface area contributed by atoms with Crippen LogP contribution in [0.4, 0.5) is 4.79 Å². The van der Waals surface area contributed by atoms with Crippen molar-refractivity contribution in [3.63, 3.8) is 0 Å². The number of ether oxygens (including phenoxy) is 4. The predicted molar refractivity (Wildman–Crippen MR) is 269 cm³/mol. The number of aliphatic hydroxyl groups is 5. The maximum atomic E-state index is 13.3. The molecule has 1 amide bonds.